The van der Waals surface area contributed by atoms with E-state index in [0.717, 1.165) is 41.7 Å². The number of benzene rings is 3. The molecule has 3 aromatic carbocycles. The molecule has 1 aliphatic rings. The summed E-state index contributed by atoms with van der Waals surface area (Å²) in [5, 5.41) is 3.33. The number of carbonyl (C=O) groups excluding carboxylic acids is 2. The van der Waals surface area contributed by atoms with Crippen molar-refractivity contribution in [3.63, 3.8) is 0 Å². The number of ether oxygens (including phenoxy) is 1. The van der Waals surface area contributed by atoms with Crippen molar-refractivity contribution >= 4 is 43.9 Å². The van der Waals surface area contributed by atoms with E-state index in [4.69, 9.17) is 4.74 Å². The van der Waals surface area contributed by atoms with Gasteiger partial charge < -0.3 is 10.1 Å². The minimum Gasteiger partial charge on any atom is -0.465 e. The van der Waals surface area contributed by atoms with Crippen LogP contribution in [0.2, 0.25) is 0 Å². The highest BCUT2D eigenvalue weighted by atomic mass is 32.2. The van der Waals surface area contributed by atoms with Gasteiger partial charge in [0.25, 0.3) is 15.9 Å². The normalized spacial score (nSPS) is 12.8. The smallest absolute Gasteiger partial charge is 0.341 e. The lowest BCUT2D eigenvalue weighted by Crippen LogP contribution is -2.32. The van der Waals surface area contributed by atoms with Crippen LogP contribution in [0.3, 0.4) is 0 Å². The van der Waals surface area contributed by atoms with E-state index in [2.05, 4.69) is 5.32 Å². The molecule has 0 aliphatic heterocycles. The fourth-order valence-electron chi connectivity index (χ4n) is 4.79. The summed E-state index contributed by atoms with van der Waals surface area (Å²) in [6.07, 6.45) is 3.59. The Bertz CT molecular complexity index is 1600. The number of carbonyl (C=O) groups is 2. The van der Waals surface area contributed by atoms with Crippen molar-refractivity contribution in [2.75, 3.05) is 16.7 Å². The summed E-state index contributed by atoms with van der Waals surface area (Å²) in [5.41, 5.74) is 2.50. The molecule has 1 N–H and O–H groups in total. The second kappa shape index (κ2) is 11.4. The number of nitrogens with zero attached hydrogens (tertiary/aromatic N) is 1. The molecule has 0 spiro atoms. The molecule has 0 unspecified atom stereocenters. The third-order valence-corrected chi connectivity index (χ3v) is 9.69. The maximum absolute atomic E-state index is 13.9. The molecule has 1 aliphatic carbocycles. The second-order valence-electron chi connectivity index (χ2n) is 9.19. The fourth-order valence-corrected chi connectivity index (χ4v) is 7.56. The SMILES string of the molecule is COC(=O)c1c(NC(=O)c2ccccc2N(Cc2ccccc2)S(=O)(=O)c2ccccc2)sc2c1CCCC2. The molecule has 200 valence electrons. The number of rotatable bonds is 8. The van der Waals surface area contributed by atoms with Crippen molar-refractivity contribution in [3.05, 3.63) is 112 Å². The summed E-state index contributed by atoms with van der Waals surface area (Å²) in [5.74, 6) is -0.994. The van der Waals surface area contributed by atoms with Gasteiger partial charge in [0.2, 0.25) is 0 Å². The molecule has 1 heterocycles. The predicted molar refractivity (Wildman–Crippen MR) is 153 cm³/mol. The molecule has 39 heavy (non-hydrogen) atoms. The van der Waals surface area contributed by atoms with Crippen molar-refractivity contribution < 1.29 is 22.7 Å². The molecule has 0 saturated carbocycles. The van der Waals surface area contributed by atoms with Gasteiger partial charge in [0.1, 0.15) is 5.00 Å². The van der Waals surface area contributed by atoms with E-state index in [1.54, 1.807) is 42.5 Å². The summed E-state index contributed by atoms with van der Waals surface area (Å²) in [7, 11) is -2.70. The summed E-state index contributed by atoms with van der Waals surface area (Å²) in [6, 6.07) is 24.0. The first kappa shape index (κ1) is 26.6. The number of sulfonamides is 1. The van der Waals surface area contributed by atoms with Gasteiger partial charge >= 0.3 is 5.97 Å². The molecule has 1 amide bonds. The monoisotopic (exact) mass is 560 g/mol. The highest BCUT2D eigenvalue weighted by molar-refractivity contribution is 7.92. The third kappa shape index (κ3) is 5.46. The van der Waals surface area contributed by atoms with Crippen LogP contribution in [0.15, 0.2) is 89.8 Å². The van der Waals surface area contributed by atoms with Crippen LogP contribution < -0.4 is 9.62 Å². The van der Waals surface area contributed by atoms with E-state index in [9.17, 15) is 18.0 Å². The largest absolute Gasteiger partial charge is 0.465 e. The average molecular weight is 561 g/mol. The Hall–Kier alpha value is -3.95. The molecule has 5 rings (SSSR count). The van der Waals surface area contributed by atoms with Crippen LogP contribution >= 0.6 is 11.3 Å². The maximum Gasteiger partial charge on any atom is 0.341 e. The predicted octanol–water partition coefficient (Wildman–Crippen LogP) is 6.06. The number of esters is 1. The first-order valence-corrected chi connectivity index (χ1v) is 14.9. The van der Waals surface area contributed by atoms with Gasteiger partial charge in [-0.15, -0.1) is 11.3 Å². The first-order chi connectivity index (χ1) is 18.9. The number of nitrogens with one attached hydrogen (secondary N) is 1. The van der Waals surface area contributed by atoms with Gasteiger partial charge in [0.05, 0.1) is 35.4 Å². The van der Waals surface area contributed by atoms with E-state index >= 15 is 0 Å². The third-order valence-electron chi connectivity index (χ3n) is 6.71. The van der Waals surface area contributed by atoms with Crippen LogP contribution in [0.1, 0.15) is 49.6 Å². The zero-order valence-electron chi connectivity index (χ0n) is 21.4. The Labute approximate surface area is 232 Å². The fraction of sp³-hybridized carbons (Fsp3) is 0.200. The van der Waals surface area contributed by atoms with Gasteiger partial charge in [-0.25, -0.2) is 13.2 Å². The number of hydrogen-bond acceptors (Lipinski definition) is 6. The number of hydrogen-bond donors (Lipinski definition) is 1. The molecule has 9 heteroatoms. The number of aryl methyl sites for hydroxylation is 1. The zero-order chi connectivity index (χ0) is 27.4. The van der Waals surface area contributed by atoms with Crippen molar-refractivity contribution in [2.45, 2.75) is 37.1 Å². The lowest BCUT2D eigenvalue weighted by molar-refractivity contribution is 0.0601. The molecule has 4 aromatic rings. The van der Waals surface area contributed by atoms with Crippen molar-refractivity contribution in [3.8, 4) is 0 Å². The van der Waals surface area contributed by atoms with Crippen molar-refractivity contribution in [2.24, 2.45) is 0 Å². The quantitative estimate of drug-likeness (QED) is 0.265. The zero-order valence-corrected chi connectivity index (χ0v) is 23.1. The van der Waals surface area contributed by atoms with E-state index in [1.165, 1.54) is 34.9 Å². The summed E-state index contributed by atoms with van der Waals surface area (Å²) < 4.78 is 34.1. The minimum absolute atomic E-state index is 0.0308. The summed E-state index contributed by atoms with van der Waals surface area (Å²) >= 11 is 1.38. The Kier molecular flexibility index (Phi) is 7.81. The lowest BCUT2D eigenvalue weighted by Gasteiger charge is -2.26. The van der Waals surface area contributed by atoms with Crippen LogP contribution in [-0.4, -0.2) is 27.4 Å². The van der Waals surface area contributed by atoms with Crippen LogP contribution in [0.5, 0.6) is 0 Å². The van der Waals surface area contributed by atoms with Crippen LogP contribution in [0.25, 0.3) is 0 Å². The highest BCUT2D eigenvalue weighted by Crippen LogP contribution is 2.39. The molecule has 7 nitrogen and oxygen atoms in total. The van der Waals surface area contributed by atoms with Crippen LogP contribution in [0.4, 0.5) is 10.7 Å². The molecular weight excluding hydrogens is 532 g/mol. The van der Waals surface area contributed by atoms with Gasteiger partial charge in [-0.3, -0.25) is 9.10 Å². The minimum atomic E-state index is -4.03. The van der Waals surface area contributed by atoms with Gasteiger partial charge in [0.15, 0.2) is 0 Å². The van der Waals surface area contributed by atoms with Gasteiger partial charge in [0, 0.05) is 4.88 Å². The van der Waals surface area contributed by atoms with Crippen molar-refractivity contribution in [1.82, 2.24) is 0 Å². The highest BCUT2D eigenvalue weighted by Gasteiger charge is 2.31. The number of para-hydroxylation sites is 1. The Morgan fingerprint density at radius 2 is 1.54 bits per heavy atom. The summed E-state index contributed by atoms with van der Waals surface area (Å²) in [4.78, 5) is 27.6. The van der Waals surface area contributed by atoms with E-state index in [1.807, 2.05) is 30.3 Å². The number of fused-ring (bicyclic) bond motifs is 1. The number of thiophene rings is 1. The molecular formula is C30H28N2O5S2. The van der Waals surface area contributed by atoms with E-state index in [0.29, 0.717) is 10.6 Å². The lowest BCUT2D eigenvalue weighted by atomic mass is 9.95. The first-order valence-electron chi connectivity index (χ1n) is 12.6. The molecule has 0 atom stereocenters. The average Bonchev–Trinajstić information content (AvgIpc) is 3.34. The van der Waals surface area contributed by atoms with Gasteiger partial charge in [-0.05, 0) is 61.1 Å². The number of anilines is 2. The van der Waals surface area contributed by atoms with E-state index < -0.39 is 21.9 Å². The Morgan fingerprint density at radius 1 is 0.897 bits per heavy atom. The van der Waals surface area contributed by atoms with Gasteiger partial charge in [-0.1, -0.05) is 60.7 Å². The van der Waals surface area contributed by atoms with E-state index in [-0.39, 0.29) is 22.7 Å². The van der Waals surface area contributed by atoms with Gasteiger partial charge in [-0.2, -0.15) is 0 Å². The molecule has 0 fully saturated rings. The standard InChI is InChI=1S/C30H28N2O5S2/c1-37-30(34)27-24-17-9-11-19-26(24)38-29(27)31-28(33)23-16-8-10-18-25(23)32(20-21-12-4-2-5-13-21)39(35,36)22-14-6-3-7-15-22/h2-8,10,12-16,18H,9,11,17,19-20H2,1H3,(H,31,33). The van der Waals surface area contributed by atoms with Crippen LogP contribution in [0, 0.1) is 0 Å². The second-order valence-corrected chi connectivity index (χ2v) is 12.2. The maximum atomic E-state index is 13.9. The van der Waals surface area contributed by atoms with Crippen molar-refractivity contribution in [1.29, 1.82) is 0 Å². The molecule has 0 bridgehead atoms. The number of amides is 1. The molecule has 0 radical (unpaired) electrons. The topological polar surface area (TPSA) is 92.8 Å². The number of methoxy groups -OCH3 is 1. The Balaban J connectivity index is 1.57. The summed E-state index contributed by atoms with van der Waals surface area (Å²) in [6.45, 7) is 0.0308. The molecule has 0 saturated heterocycles. The van der Waals surface area contributed by atoms with Crippen LogP contribution in [-0.2, 0) is 34.1 Å². The Morgan fingerprint density at radius 3 is 2.26 bits per heavy atom. The molecule has 1 aromatic heterocycles.